The summed E-state index contributed by atoms with van der Waals surface area (Å²) in [4.78, 5) is 6.20. The van der Waals surface area contributed by atoms with Gasteiger partial charge in [-0.2, -0.15) is 0 Å². The maximum Gasteiger partial charge on any atom is 0.195 e. The number of nitrogens with zero attached hydrogens (tertiary/aromatic N) is 2. The summed E-state index contributed by atoms with van der Waals surface area (Å²) in [7, 11) is 0. The first-order chi connectivity index (χ1) is 8.43. The molecule has 2 N–H and O–H groups in total. The molecule has 0 spiro atoms. The highest BCUT2D eigenvalue weighted by molar-refractivity contribution is 6.43. The maximum absolute atomic E-state index is 6.30. The van der Waals surface area contributed by atoms with Gasteiger partial charge in [0.15, 0.2) is 5.96 Å². The van der Waals surface area contributed by atoms with Gasteiger partial charge in [-0.25, -0.2) is 0 Å². The predicted octanol–water partition coefficient (Wildman–Crippen LogP) is 3.56. The zero-order chi connectivity index (χ0) is 13.4. The summed E-state index contributed by atoms with van der Waals surface area (Å²) in [5.41, 5.74) is 9.11. The van der Waals surface area contributed by atoms with E-state index in [2.05, 4.69) is 25.8 Å². The van der Waals surface area contributed by atoms with Crippen LogP contribution in [0.1, 0.15) is 30.9 Å². The second kappa shape index (κ2) is 4.98. The van der Waals surface area contributed by atoms with Gasteiger partial charge in [0.1, 0.15) is 0 Å². The molecule has 0 atom stereocenters. The van der Waals surface area contributed by atoms with Gasteiger partial charge in [-0.05, 0) is 30.0 Å². The minimum Gasteiger partial charge on any atom is -0.370 e. The fraction of sp³-hybridized carbons (Fsp3) is 0.462. The number of halogens is 2. The summed E-state index contributed by atoms with van der Waals surface area (Å²) < 4.78 is 0. The molecule has 1 aromatic rings. The van der Waals surface area contributed by atoms with Crippen LogP contribution in [0.15, 0.2) is 11.1 Å². The van der Waals surface area contributed by atoms with Crippen LogP contribution in [0.5, 0.6) is 0 Å². The first-order valence-corrected chi connectivity index (χ1v) is 6.75. The van der Waals surface area contributed by atoms with Crippen molar-refractivity contribution in [2.24, 2.45) is 10.7 Å². The molecule has 3 nitrogen and oxygen atoms in total. The van der Waals surface area contributed by atoms with Crippen molar-refractivity contribution in [1.29, 1.82) is 0 Å². The molecule has 1 aromatic carbocycles. The molecule has 0 amide bonds. The Labute approximate surface area is 118 Å². The summed E-state index contributed by atoms with van der Waals surface area (Å²) in [5.74, 6) is 0.863. The van der Waals surface area contributed by atoms with E-state index < -0.39 is 0 Å². The molecule has 0 aromatic heterocycles. The molecule has 0 bridgehead atoms. The highest BCUT2D eigenvalue weighted by atomic mass is 35.5. The van der Waals surface area contributed by atoms with Gasteiger partial charge in [0, 0.05) is 12.2 Å². The molecule has 0 saturated carbocycles. The van der Waals surface area contributed by atoms with E-state index in [-0.39, 0.29) is 0 Å². The van der Waals surface area contributed by atoms with Crippen LogP contribution in [0, 0.1) is 6.92 Å². The Morgan fingerprint density at radius 3 is 2.56 bits per heavy atom. The number of rotatable bonds is 2. The van der Waals surface area contributed by atoms with E-state index in [1.54, 1.807) is 0 Å². The van der Waals surface area contributed by atoms with Gasteiger partial charge < -0.3 is 10.6 Å². The molecule has 0 aliphatic carbocycles. The molecular formula is C13H17Cl2N3. The number of anilines is 1. The number of hydrogen-bond donors (Lipinski definition) is 1. The topological polar surface area (TPSA) is 41.6 Å². The molecule has 0 fully saturated rings. The lowest BCUT2D eigenvalue weighted by atomic mass is 9.96. The van der Waals surface area contributed by atoms with Crippen molar-refractivity contribution >= 4 is 34.8 Å². The molecule has 0 unspecified atom stereocenters. The highest BCUT2D eigenvalue weighted by Gasteiger charge is 2.22. The van der Waals surface area contributed by atoms with Crippen LogP contribution in [-0.4, -0.2) is 19.0 Å². The van der Waals surface area contributed by atoms with Gasteiger partial charge >= 0.3 is 0 Å². The Hall–Kier alpha value is -0.930. The number of aliphatic imine (C=N–C) groups is 1. The molecule has 0 saturated heterocycles. The third-order valence-electron chi connectivity index (χ3n) is 3.24. The van der Waals surface area contributed by atoms with Gasteiger partial charge in [0.2, 0.25) is 0 Å². The largest absolute Gasteiger partial charge is 0.370 e. The molecule has 0 radical (unpaired) electrons. The van der Waals surface area contributed by atoms with Crippen LogP contribution in [0.3, 0.4) is 0 Å². The van der Waals surface area contributed by atoms with Crippen LogP contribution in [-0.2, 0) is 0 Å². The van der Waals surface area contributed by atoms with Gasteiger partial charge in [-0.1, -0.05) is 37.0 Å². The third kappa shape index (κ3) is 2.17. The van der Waals surface area contributed by atoms with Crippen molar-refractivity contribution in [3.8, 4) is 0 Å². The highest BCUT2D eigenvalue weighted by Crippen LogP contribution is 2.39. The van der Waals surface area contributed by atoms with Crippen LogP contribution in [0.2, 0.25) is 10.0 Å². The second-order valence-electron chi connectivity index (χ2n) is 4.78. The van der Waals surface area contributed by atoms with E-state index in [1.165, 1.54) is 0 Å². The zero-order valence-corrected chi connectivity index (χ0v) is 12.3. The summed E-state index contributed by atoms with van der Waals surface area (Å²) in [6.45, 7) is 7.79. The maximum atomic E-state index is 6.30. The monoisotopic (exact) mass is 285 g/mol. The second-order valence-corrected chi connectivity index (χ2v) is 5.56. The van der Waals surface area contributed by atoms with Crippen molar-refractivity contribution in [1.82, 2.24) is 0 Å². The van der Waals surface area contributed by atoms with Crippen LogP contribution >= 0.6 is 23.2 Å². The number of hydrogen-bond acceptors (Lipinski definition) is 3. The number of nitrogens with two attached hydrogens (primary N) is 1. The molecule has 2 rings (SSSR count). The van der Waals surface area contributed by atoms with Crippen LogP contribution in [0.4, 0.5) is 5.69 Å². The van der Waals surface area contributed by atoms with Crippen molar-refractivity contribution in [3.63, 3.8) is 0 Å². The van der Waals surface area contributed by atoms with E-state index in [1.807, 2.05) is 11.0 Å². The Balaban J connectivity index is 2.59. The average molecular weight is 286 g/mol. The Kier molecular flexibility index (Phi) is 3.74. The first-order valence-electron chi connectivity index (χ1n) is 5.99. The molecule has 1 aliphatic rings. The lowest BCUT2D eigenvalue weighted by Crippen LogP contribution is -2.34. The summed E-state index contributed by atoms with van der Waals surface area (Å²) in [6.07, 6.45) is 0. The van der Waals surface area contributed by atoms with Crippen LogP contribution < -0.4 is 10.6 Å². The normalized spacial score (nSPS) is 15.4. The molecule has 18 heavy (non-hydrogen) atoms. The van der Waals surface area contributed by atoms with Crippen molar-refractivity contribution in [3.05, 3.63) is 27.2 Å². The van der Waals surface area contributed by atoms with Crippen LogP contribution in [0.25, 0.3) is 0 Å². The number of benzene rings is 1. The SMILES string of the molecule is Cc1c(N2CCN=C2N)cc(Cl)c(Cl)c1C(C)C. The van der Waals surface area contributed by atoms with Gasteiger partial charge in [0.25, 0.3) is 0 Å². The summed E-state index contributed by atoms with van der Waals surface area (Å²) >= 11 is 12.5. The van der Waals surface area contributed by atoms with Gasteiger partial charge in [0.05, 0.1) is 16.6 Å². The van der Waals surface area contributed by atoms with Gasteiger partial charge in [-0.15, -0.1) is 0 Å². The van der Waals surface area contributed by atoms with Crippen molar-refractivity contribution in [2.45, 2.75) is 26.7 Å². The first kappa shape index (κ1) is 13.5. The van der Waals surface area contributed by atoms with E-state index >= 15 is 0 Å². The van der Waals surface area contributed by atoms with Gasteiger partial charge in [-0.3, -0.25) is 4.99 Å². The smallest absolute Gasteiger partial charge is 0.195 e. The summed E-state index contributed by atoms with van der Waals surface area (Å²) in [5, 5.41) is 1.21. The fourth-order valence-corrected chi connectivity index (χ4v) is 3.02. The average Bonchev–Trinajstić information content (AvgIpc) is 2.70. The lowest BCUT2D eigenvalue weighted by molar-refractivity contribution is 0.854. The van der Waals surface area contributed by atoms with E-state index in [9.17, 15) is 0 Å². The predicted molar refractivity (Wildman–Crippen MR) is 79.1 cm³/mol. The lowest BCUT2D eigenvalue weighted by Gasteiger charge is -2.24. The minimum atomic E-state index is 0.315. The minimum absolute atomic E-state index is 0.315. The third-order valence-corrected chi connectivity index (χ3v) is 4.04. The molecule has 1 aliphatic heterocycles. The number of guanidine groups is 1. The zero-order valence-electron chi connectivity index (χ0n) is 10.8. The van der Waals surface area contributed by atoms with Crippen molar-refractivity contribution in [2.75, 3.05) is 18.0 Å². The van der Waals surface area contributed by atoms with Crippen molar-refractivity contribution < 1.29 is 0 Å². The fourth-order valence-electron chi connectivity index (χ4n) is 2.40. The molecule has 5 heteroatoms. The molecule has 1 heterocycles. The van der Waals surface area contributed by atoms with E-state index in [0.717, 1.165) is 29.9 Å². The van der Waals surface area contributed by atoms with E-state index in [4.69, 9.17) is 28.9 Å². The Bertz CT molecular complexity index is 509. The molecule has 98 valence electrons. The Morgan fingerprint density at radius 1 is 1.39 bits per heavy atom. The standard InChI is InChI=1S/C13H17Cl2N3/c1-7(2)11-8(3)10(6-9(14)12(11)15)18-5-4-17-13(18)16/h6-7H,4-5H2,1-3H3,(H2,16,17). The Morgan fingerprint density at radius 2 is 2.06 bits per heavy atom. The van der Waals surface area contributed by atoms with E-state index in [0.29, 0.717) is 21.9 Å². The summed E-state index contributed by atoms with van der Waals surface area (Å²) in [6, 6.07) is 1.87. The molecular weight excluding hydrogens is 269 g/mol. The quantitative estimate of drug-likeness (QED) is 0.903.